The Morgan fingerprint density at radius 2 is 2.05 bits per heavy atom. The SMILES string of the molecule is CC(C(=O)O)c1ccc(CNC2CCCC(C)(C)C2)cc1. The van der Waals surface area contributed by atoms with Crippen LogP contribution < -0.4 is 5.32 Å². The number of hydrogen-bond donors (Lipinski definition) is 2. The number of aliphatic carboxylic acids is 1. The normalized spacial score (nSPS) is 22.7. The highest BCUT2D eigenvalue weighted by molar-refractivity contribution is 5.75. The van der Waals surface area contributed by atoms with Gasteiger partial charge in [-0.2, -0.15) is 0 Å². The summed E-state index contributed by atoms with van der Waals surface area (Å²) in [6, 6.07) is 8.54. The lowest BCUT2D eigenvalue weighted by atomic mass is 9.75. The molecule has 0 radical (unpaired) electrons. The summed E-state index contributed by atoms with van der Waals surface area (Å²) in [6.45, 7) is 7.29. The fraction of sp³-hybridized carbons (Fsp3) is 0.611. The molecule has 1 aliphatic rings. The van der Waals surface area contributed by atoms with E-state index in [-0.39, 0.29) is 0 Å². The molecule has 3 nitrogen and oxygen atoms in total. The van der Waals surface area contributed by atoms with Gasteiger partial charge in [-0.1, -0.05) is 44.5 Å². The molecule has 3 heteroatoms. The smallest absolute Gasteiger partial charge is 0.310 e. The second-order valence-corrected chi connectivity index (χ2v) is 7.14. The molecule has 1 fully saturated rings. The summed E-state index contributed by atoms with van der Waals surface area (Å²) in [5.41, 5.74) is 2.54. The molecule has 2 rings (SSSR count). The minimum Gasteiger partial charge on any atom is -0.481 e. The first kappa shape index (κ1) is 16.0. The van der Waals surface area contributed by atoms with Crippen molar-refractivity contribution in [3.63, 3.8) is 0 Å². The molecule has 0 bridgehead atoms. The molecule has 1 saturated carbocycles. The Morgan fingerprint density at radius 1 is 1.38 bits per heavy atom. The van der Waals surface area contributed by atoms with Crippen LogP contribution in [0.5, 0.6) is 0 Å². The Kier molecular flexibility index (Phi) is 5.04. The van der Waals surface area contributed by atoms with Crippen molar-refractivity contribution >= 4 is 5.97 Å². The van der Waals surface area contributed by atoms with E-state index in [9.17, 15) is 4.79 Å². The summed E-state index contributed by atoms with van der Waals surface area (Å²) in [5.74, 6) is -1.21. The van der Waals surface area contributed by atoms with Crippen molar-refractivity contribution in [2.24, 2.45) is 5.41 Å². The third-order valence-corrected chi connectivity index (χ3v) is 4.65. The van der Waals surface area contributed by atoms with Crippen molar-refractivity contribution in [3.8, 4) is 0 Å². The fourth-order valence-corrected chi connectivity index (χ4v) is 3.20. The molecule has 2 atom stereocenters. The van der Waals surface area contributed by atoms with Gasteiger partial charge in [0.1, 0.15) is 0 Å². The van der Waals surface area contributed by atoms with Crippen LogP contribution in [0.25, 0.3) is 0 Å². The molecule has 0 aromatic heterocycles. The molecule has 2 N–H and O–H groups in total. The maximum Gasteiger partial charge on any atom is 0.310 e. The highest BCUT2D eigenvalue weighted by Gasteiger charge is 2.27. The van der Waals surface area contributed by atoms with Crippen LogP contribution >= 0.6 is 0 Å². The number of rotatable bonds is 5. The predicted octanol–water partition coefficient (Wildman–Crippen LogP) is 3.93. The van der Waals surface area contributed by atoms with Crippen LogP contribution in [0.1, 0.15) is 63.5 Å². The summed E-state index contributed by atoms with van der Waals surface area (Å²) in [7, 11) is 0. The number of benzene rings is 1. The molecule has 1 aromatic rings. The van der Waals surface area contributed by atoms with E-state index in [1.165, 1.54) is 31.2 Å². The van der Waals surface area contributed by atoms with Crippen molar-refractivity contribution in [2.75, 3.05) is 0 Å². The minimum atomic E-state index is -0.773. The lowest BCUT2D eigenvalue weighted by molar-refractivity contribution is -0.138. The van der Waals surface area contributed by atoms with Gasteiger partial charge in [0.15, 0.2) is 0 Å². The summed E-state index contributed by atoms with van der Waals surface area (Å²) in [6.07, 6.45) is 5.13. The fourth-order valence-electron chi connectivity index (χ4n) is 3.20. The zero-order valence-electron chi connectivity index (χ0n) is 13.4. The van der Waals surface area contributed by atoms with E-state index in [2.05, 4.69) is 19.2 Å². The van der Waals surface area contributed by atoms with E-state index in [4.69, 9.17) is 5.11 Å². The van der Waals surface area contributed by atoms with E-state index in [0.29, 0.717) is 11.5 Å². The van der Waals surface area contributed by atoms with Crippen molar-refractivity contribution < 1.29 is 9.90 Å². The average molecular weight is 289 g/mol. The second-order valence-electron chi connectivity index (χ2n) is 7.14. The van der Waals surface area contributed by atoms with Gasteiger partial charge in [-0.05, 0) is 42.7 Å². The van der Waals surface area contributed by atoms with E-state index in [1.54, 1.807) is 6.92 Å². The average Bonchev–Trinajstić information content (AvgIpc) is 2.44. The monoisotopic (exact) mass is 289 g/mol. The Bertz CT molecular complexity index is 478. The lowest BCUT2D eigenvalue weighted by Crippen LogP contribution is -2.36. The third kappa shape index (κ3) is 4.57. The molecular weight excluding hydrogens is 262 g/mol. The Labute approximate surface area is 127 Å². The minimum absolute atomic E-state index is 0.439. The molecule has 0 aliphatic heterocycles. The van der Waals surface area contributed by atoms with Gasteiger partial charge in [0.25, 0.3) is 0 Å². The summed E-state index contributed by atoms with van der Waals surface area (Å²) in [5, 5.41) is 12.7. The van der Waals surface area contributed by atoms with Gasteiger partial charge in [-0.15, -0.1) is 0 Å². The predicted molar refractivity (Wildman–Crippen MR) is 85.4 cm³/mol. The largest absolute Gasteiger partial charge is 0.481 e. The van der Waals surface area contributed by atoms with E-state index < -0.39 is 11.9 Å². The van der Waals surface area contributed by atoms with Crippen LogP contribution in [0.2, 0.25) is 0 Å². The van der Waals surface area contributed by atoms with E-state index in [1.807, 2.05) is 24.3 Å². The van der Waals surface area contributed by atoms with Gasteiger partial charge in [-0.25, -0.2) is 0 Å². The van der Waals surface area contributed by atoms with Crippen LogP contribution in [0.15, 0.2) is 24.3 Å². The number of hydrogen-bond acceptors (Lipinski definition) is 2. The first-order chi connectivity index (χ1) is 9.87. The summed E-state index contributed by atoms with van der Waals surface area (Å²) in [4.78, 5) is 11.0. The zero-order valence-corrected chi connectivity index (χ0v) is 13.4. The highest BCUT2D eigenvalue weighted by Crippen LogP contribution is 2.35. The Hall–Kier alpha value is -1.35. The standard InChI is InChI=1S/C18H27NO2/c1-13(17(20)21)15-8-6-14(7-9-15)12-19-16-5-4-10-18(2,3)11-16/h6-9,13,16,19H,4-5,10-12H2,1-3H3,(H,20,21). The van der Waals surface area contributed by atoms with Crippen molar-refractivity contribution in [1.82, 2.24) is 5.32 Å². The number of carboxylic acid groups (broad SMARTS) is 1. The molecule has 2 unspecified atom stereocenters. The van der Waals surface area contributed by atoms with Crippen LogP contribution in [0.3, 0.4) is 0 Å². The van der Waals surface area contributed by atoms with E-state index >= 15 is 0 Å². The maximum atomic E-state index is 11.0. The van der Waals surface area contributed by atoms with Gasteiger partial charge in [0.2, 0.25) is 0 Å². The molecule has 21 heavy (non-hydrogen) atoms. The molecule has 0 saturated heterocycles. The maximum absolute atomic E-state index is 11.0. The molecule has 1 aromatic carbocycles. The first-order valence-corrected chi connectivity index (χ1v) is 7.92. The van der Waals surface area contributed by atoms with Crippen LogP contribution in [-0.2, 0) is 11.3 Å². The van der Waals surface area contributed by atoms with Crippen LogP contribution in [0.4, 0.5) is 0 Å². The molecule has 1 aliphatic carbocycles. The highest BCUT2D eigenvalue weighted by atomic mass is 16.4. The molecule has 0 spiro atoms. The van der Waals surface area contributed by atoms with Gasteiger partial charge in [0, 0.05) is 12.6 Å². The topological polar surface area (TPSA) is 49.3 Å². The molecule has 116 valence electrons. The molecule has 0 heterocycles. The summed E-state index contributed by atoms with van der Waals surface area (Å²) >= 11 is 0. The van der Waals surface area contributed by atoms with Crippen molar-refractivity contribution in [3.05, 3.63) is 35.4 Å². The van der Waals surface area contributed by atoms with Gasteiger partial charge >= 0.3 is 5.97 Å². The van der Waals surface area contributed by atoms with Gasteiger partial charge in [-0.3, -0.25) is 4.79 Å². The number of carboxylic acids is 1. The van der Waals surface area contributed by atoms with Gasteiger partial charge < -0.3 is 10.4 Å². The van der Waals surface area contributed by atoms with Crippen molar-refractivity contribution in [1.29, 1.82) is 0 Å². The summed E-state index contributed by atoms with van der Waals surface area (Å²) < 4.78 is 0. The first-order valence-electron chi connectivity index (χ1n) is 7.92. The Morgan fingerprint density at radius 3 is 2.62 bits per heavy atom. The third-order valence-electron chi connectivity index (χ3n) is 4.65. The lowest BCUT2D eigenvalue weighted by Gasteiger charge is -2.35. The zero-order chi connectivity index (χ0) is 15.5. The van der Waals surface area contributed by atoms with Crippen LogP contribution in [0, 0.1) is 5.41 Å². The number of nitrogens with one attached hydrogen (secondary N) is 1. The van der Waals surface area contributed by atoms with Crippen molar-refractivity contribution in [2.45, 2.75) is 65.0 Å². The van der Waals surface area contributed by atoms with Gasteiger partial charge in [0.05, 0.1) is 5.92 Å². The molecular formula is C18H27NO2. The number of carbonyl (C=O) groups is 1. The van der Waals surface area contributed by atoms with Crippen LogP contribution in [-0.4, -0.2) is 17.1 Å². The second kappa shape index (κ2) is 6.61. The molecule has 0 amide bonds. The quantitative estimate of drug-likeness (QED) is 0.863. The van der Waals surface area contributed by atoms with E-state index in [0.717, 1.165) is 12.1 Å². The Balaban J connectivity index is 1.88.